The smallest absolute Gasteiger partial charge is 0.337 e. The van der Waals surface area contributed by atoms with Gasteiger partial charge in [-0.05, 0) is 25.5 Å². The van der Waals surface area contributed by atoms with Gasteiger partial charge in [-0.2, -0.15) is 13.5 Å². The number of likely N-dealkylation sites (tertiary alicyclic amines) is 1. The number of nitrogens with zero attached hydrogens (tertiary/aromatic N) is 2. The van der Waals surface area contributed by atoms with Crippen molar-refractivity contribution in [3.8, 4) is 5.75 Å². The first-order valence-electron chi connectivity index (χ1n) is 7.49. The second kappa shape index (κ2) is 7.12. The van der Waals surface area contributed by atoms with Crippen molar-refractivity contribution < 1.29 is 19.1 Å². The number of rotatable bonds is 1. The van der Waals surface area contributed by atoms with Crippen LogP contribution in [0.4, 0.5) is 4.79 Å². The molecular weight excluding hydrogens is 316 g/mol. The van der Waals surface area contributed by atoms with Crippen LogP contribution in [0.3, 0.4) is 0 Å². The number of hydrogen-bond donors (Lipinski definition) is 0. The van der Waals surface area contributed by atoms with Crippen LogP contribution in [0.5, 0.6) is 5.75 Å². The van der Waals surface area contributed by atoms with Crippen molar-refractivity contribution in [1.82, 2.24) is 9.80 Å². The molecule has 7 heteroatoms. The van der Waals surface area contributed by atoms with Gasteiger partial charge in [-0.15, -0.1) is 0 Å². The normalized spacial score (nSPS) is 19.5. The number of carbonyl (C=O) groups is 2. The van der Waals surface area contributed by atoms with Crippen LogP contribution in [0.15, 0.2) is 18.2 Å². The minimum absolute atomic E-state index is 0. The lowest BCUT2D eigenvalue weighted by atomic mass is 10.1. The Balaban J connectivity index is 0.00000192. The van der Waals surface area contributed by atoms with Crippen LogP contribution in [-0.2, 0) is 11.3 Å². The molecule has 2 aliphatic heterocycles. The third kappa shape index (κ3) is 3.39. The molecule has 0 radical (unpaired) electrons. The molecule has 2 aliphatic rings. The SMILES string of the molecule is COC(=O)c1ccc2c(c1)OC[C@H](C)N(C(=O)N1CCC1)C2.S. The quantitative estimate of drug-likeness (QED) is 0.735. The van der Waals surface area contributed by atoms with E-state index in [1.165, 1.54) is 7.11 Å². The van der Waals surface area contributed by atoms with E-state index in [0.29, 0.717) is 24.5 Å². The third-order valence-electron chi connectivity index (χ3n) is 4.21. The van der Waals surface area contributed by atoms with Crippen molar-refractivity contribution in [2.24, 2.45) is 0 Å². The first-order chi connectivity index (χ1) is 10.6. The van der Waals surface area contributed by atoms with Crippen LogP contribution in [0.1, 0.15) is 29.3 Å². The Kier molecular flexibility index (Phi) is 5.41. The molecule has 1 aromatic carbocycles. The lowest BCUT2D eigenvalue weighted by molar-refractivity contribution is 0.0600. The monoisotopic (exact) mass is 338 g/mol. The summed E-state index contributed by atoms with van der Waals surface area (Å²) in [6.45, 7) is 4.55. The maximum absolute atomic E-state index is 12.5. The van der Waals surface area contributed by atoms with Crippen molar-refractivity contribution in [2.75, 3.05) is 26.8 Å². The summed E-state index contributed by atoms with van der Waals surface area (Å²) >= 11 is 0. The highest BCUT2D eigenvalue weighted by atomic mass is 32.1. The summed E-state index contributed by atoms with van der Waals surface area (Å²) in [6, 6.07) is 5.27. The van der Waals surface area contributed by atoms with Crippen molar-refractivity contribution in [1.29, 1.82) is 0 Å². The average molecular weight is 338 g/mol. The van der Waals surface area contributed by atoms with Crippen molar-refractivity contribution in [3.63, 3.8) is 0 Å². The number of esters is 1. The van der Waals surface area contributed by atoms with Crippen LogP contribution < -0.4 is 4.74 Å². The zero-order valence-corrected chi connectivity index (χ0v) is 14.4. The Morgan fingerprint density at radius 2 is 2.04 bits per heavy atom. The molecule has 1 aromatic rings. The fraction of sp³-hybridized carbons (Fsp3) is 0.500. The molecule has 0 aliphatic carbocycles. The second-order valence-electron chi connectivity index (χ2n) is 5.73. The van der Waals surface area contributed by atoms with Gasteiger partial charge < -0.3 is 19.3 Å². The topological polar surface area (TPSA) is 59.1 Å². The number of fused-ring (bicyclic) bond motifs is 1. The Morgan fingerprint density at radius 3 is 2.65 bits per heavy atom. The van der Waals surface area contributed by atoms with E-state index in [0.717, 1.165) is 25.1 Å². The lowest BCUT2D eigenvalue weighted by Crippen LogP contribution is -2.52. The standard InChI is InChI=1S/C16H20N2O4.H2S/c1-11-10-22-14-8-12(15(19)21-2)4-5-13(14)9-18(11)16(20)17-6-3-7-17;/h4-5,8,11H,3,6-7,9-10H2,1-2H3;1H2/t11-;/m0./s1. The second-order valence-corrected chi connectivity index (χ2v) is 5.73. The maximum atomic E-state index is 12.5. The molecule has 1 atom stereocenters. The number of carbonyl (C=O) groups excluding carboxylic acids is 2. The molecule has 0 bridgehead atoms. The number of amides is 2. The molecule has 1 saturated heterocycles. The molecule has 2 amide bonds. The molecule has 2 heterocycles. The Hall–Kier alpha value is -1.89. The highest BCUT2D eigenvalue weighted by molar-refractivity contribution is 7.59. The zero-order valence-electron chi connectivity index (χ0n) is 13.4. The van der Waals surface area contributed by atoms with Gasteiger partial charge in [-0.1, -0.05) is 6.07 Å². The summed E-state index contributed by atoms with van der Waals surface area (Å²) in [4.78, 5) is 27.8. The van der Waals surface area contributed by atoms with Gasteiger partial charge in [-0.3, -0.25) is 0 Å². The van der Waals surface area contributed by atoms with Gasteiger partial charge in [0.2, 0.25) is 0 Å². The first kappa shape index (κ1) is 17.5. The summed E-state index contributed by atoms with van der Waals surface area (Å²) in [6.07, 6.45) is 1.07. The summed E-state index contributed by atoms with van der Waals surface area (Å²) in [5, 5.41) is 0. The van der Waals surface area contributed by atoms with Crippen LogP contribution in [0, 0.1) is 0 Å². The summed E-state index contributed by atoms with van der Waals surface area (Å²) < 4.78 is 10.5. The fourth-order valence-corrected chi connectivity index (χ4v) is 2.65. The molecule has 3 rings (SSSR count). The molecule has 1 fully saturated rings. The maximum Gasteiger partial charge on any atom is 0.337 e. The lowest BCUT2D eigenvalue weighted by Gasteiger charge is -2.37. The Morgan fingerprint density at radius 1 is 1.30 bits per heavy atom. The molecule has 0 aromatic heterocycles. The van der Waals surface area contributed by atoms with E-state index in [9.17, 15) is 9.59 Å². The number of methoxy groups -OCH3 is 1. The van der Waals surface area contributed by atoms with E-state index in [2.05, 4.69) is 0 Å². The number of ether oxygens (including phenoxy) is 2. The number of hydrogen-bond acceptors (Lipinski definition) is 4. The van der Waals surface area contributed by atoms with Crippen LogP contribution >= 0.6 is 13.5 Å². The fourth-order valence-electron chi connectivity index (χ4n) is 2.65. The van der Waals surface area contributed by atoms with Gasteiger partial charge in [0.25, 0.3) is 0 Å². The molecule has 6 nitrogen and oxygen atoms in total. The molecular formula is C16H22N2O4S. The average Bonchev–Trinajstić information content (AvgIpc) is 2.63. The van der Waals surface area contributed by atoms with Gasteiger partial charge in [0.05, 0.1) is 25.3 Å². The predicted octanol–water partition coefficient (Wildman–Crippen LogP) is 1.99. The van der Waals surface area contributed by atoms with E-state index in [-0.39, 0.29) is 25.6 Å². The van der Waals surface area contributed by atoms with Crippen molar-refractivity contribution >= 4 is 25.5 Å². The summed E-state index contributed by atoms with van der Waals surface area (Å²) in [7, 11) is 1.35. The van der Waals surface area contributed by atoms with Crippen LogP contribution in [0.25, 0.3) is 0 Å². The van der Waals surface area contributed by atoms with E-state index >= 15 is 0 Å². The van der Waals surface area contributed by atoms with Gasteiger partial charge in [0.1, 0.15) is 12.4 Å². The van der Waals surface area contributed by atoms with E-state index in [4.69, 9.17) is 9.47 Å². The molecule has 0 unspecified atom stereocenters. The van der Waals surface area contributed by atoms with Crippen LogP contribution in [-0.4, -0.2) is 54.6 Å². The largest absolute Gasteiger partial charge is 0.491 e. The van der Waals surface area contributed by atoms with Gasteiger partial charge in [0.15, 0.2) is 0 Å². The van der Waals surface area contributed by atoms with Crippen molar-refractivity contribution in [2.45, 2.75) is 25.9 Å². The van der Waals surface area contributed by atoms with Gasteiger partial charge in [-0.25, -0.2) is 9.59 Å². The van der Waals surface area contributed by atoms with E-state index in [1.54, 1.807) is 12.1 Å². The Labute approximate surface area is 142 Å². The zero-order chi connectivity index (χ0) is 15.7. The first-order valence-corrected chi connectivity index (χ1v) is 7.49. The van der Waals surface area contributed by atoms with Crippen molar-refractivity contribution in [3.05, 3.63) is 29.3 Å². The molecule has 126 valence electrons. The number of urea groups is 1. The summed E-state index contributed by atoms with van der Waals surface area (Å²) in [5.41, 5.74) is 1.36. The molecule has 23 heavy (non-hydrogen) atoms. The van der Waals surface area contributed by atoms with Gasteiger partial charge in [0, 0.05) is 18.7 Å². The van der Waals surface area contributed by atoms with Crippen LogP contribution in [0.2, 0.25) is 0 Å². The van der Waals surface area contributed by atoms with E-state index < -0.39 is 5.97 Å². The molecule has 0 saturated carbocycles. The predicted molar refractivity (Wildman–Crippen MR) is 90.2 cm³/mol. The molecule has 0 spiro atoms. The Bertz CT molecular complexity index is 604. The molecule has 0 N–H and O–H groups in total. The highest BCUT2D eigenvalue weighted by Crippen LogP contribution is 2.28. The third-order valence-corrected chi connectivity index (χ3v) is 4.21. The number of benzene rings is 1. The minimum Gasteiger partial charge on any atom is -0.491 e. The minimum atomic E-state index is -0.391. The summed E-state index contributed by atoms with van der Waals surface area (Å²) in [5.74, 6) is 0.255. The van der Waals surface area contributed by atoms with Gasteiger partial charge >= 0.3 is 12.0 Å². The van der Waals surface area contributed by atoms with E-state index in [1.807, 2.05) is 22.8 Å². The highest BCUT2D eigenvalue weighted by Gasteiger charge is 2.31.